The fourth-order valence-electron chi connectivity index (χ4n) is 1.48. The Morgan fingerprint density at radius 2 is 2.13 bits per heavy atom. The molecule has 0 aliphatic rings. The lowest BCUT2D eigenvalue weighted by atomic mass is 10.2. The summed E-state index contributed by atoms with van der Waals surface area (Å²) in [5.41, 5.74) is 2.66. The molecule has 1 aromatic heterocycles. The SMILES string of the molecule is O=C(NN=Cc1ccoc1)c1cccc(OC(F)(F)C(F)F)c1. The van der Waals surface area contributed by atoms with E-state index in [1.54, 1.807) is 6.07 Å². The number of benzene rings is 1. The van der Waals surface area contributed by atoms with Crippen LogP contribution in [0.5, 0.6) is 5.75 Å². The zero-order valence-electron chi connectivity index (χ0n) is 11.4. The monoisotopic (exact) mass is 330 g/mol. The molecule has 0 atom stereocenters. The number of nitrogens with zero attached hydrogens (tertiary/aromatic N) is 1. The van der Waals surface area contributed by atoms with Gasteiger partial charge in [0.05, 0.1) is 18.7 Å². The molecule has 0 aliphatic heterocycles. The number of carbonyl (C=O) groups is 1. The fraction of sp³-hybridized carbons (Fsp3) is 0.143. The summed E-state index contributed by atoms with van der Waals surface area (Å²) in [5.74, 6) is -1.29. The van der Waals surface area contributed by atoms with Gasteiger partial charge >= 0.3 is 12.5 Å². The van der Waals surface area contributed by atoms with Gasteiger partial charge in [-0.3, -0.25) is 4.79 Å². The van der Waals surface area contributed by atoms with E-state index in [1.165, 1.54) is 30.9 Å². The second-order valence-corrected chi connectivity index (χ2v) is 4.25. The third-order valence-corrected chi connectivity index (χ3v) is 2.53. The highest BCUT2D eigenvalue weighted by Crippen LogP contribution is 2.27. The number of furan rings is 1. The normalized spacial score (nSPS) is 11.9. The number of ether oxygens (including phenoxy) is 1. The largest absolute Gasteiger partial charge is 0.472 e. The molecule has 5 nitrogen and oxygen atoms in total. The van der Waals surface area contributed by atoms with Gasteiger partial charge in [0.15, 0.2) is 0 Å². The van der Waals surface area contributed by atoms with Gasteiger partial charge in [0.25, 0.3) is 5.91 Å². The first-order valence-corrected chi connectivity index (χ1v) is 6.19. The molecule has 0 radical (unpaired) electrons. The lowest BCUT2D eigenvalue weighted by molar-refractivity contribution is -0.253. The van der Waals surface area contributed by atoms with Crippen molar-refractivity contribution in [1.29, 1.82) is 0 Å². The minimum Gasteiger partial charge on any atom is -0.472 e. The maximum absolute atomic E-state index is 12.8. The molecule has 2 aromatic rings. The highest BCUT2D eigenvalue weighted by Gasteiger charge is 2.44. The number of carbonyl (C=O) groups excluding carboxylic acids is 1. The summed E-state index contributed by atoms with van der Waals surface area (Å²) in [6.45, 7) is 0. The molecule has 0 saturated heterocycles. The number of amides is 1. The first-order valence-electron chi connectivity index (χ1n) is 6.19. The van der Waals surface area contributed by atoms with Crippen LogP contribution in [0.3, 0.4) is 0 Å². The van der Waals surface area contributed by atoms with Gasteiger partial charge in [0, 0.05) is 11.1 Å². The molecular formula is C14H10F4N2O3. The van der Waals surface area contributed by atoms with E-state index in [0.29, 0.717) is 5.56 Å². The van der Waals surface area contributed by atoms with Crippen molar-refractivity contribution in [3.63, 3.8) is 0 Å². The number of hydrogen-bond acceptors (Lipinski definition) is 4. The highest BCUT2D eigenvalue weighted by molar-refractivity contribution is 5.95. The average molecular weight is 330 g/mol. The summed E-state index contributed by atoms with van der Waals surface area (Å²) >= 11 is 0. The van der Waals surface area contributed by atoms with Crippen LogP contribution < -0.4 is 10.2 Å². The number of hydrazone groups is 1. The smallest absolute Gasteiger partial charge is 0.461 e. The molecule has 1 amide bonds. The summed E-state index contributed by atoms with van der Waals surface area (Å²) < 4.78 is 58.5. The molecule has 0 fully saturated rings. The molecule has 1 N–H and O–H groups in total. The van der Waals surface area contributed by atoms with Crippen molar-refractivity contribution >= 4 is 12.1 Å². The van der Waals surface area contributed by atoms with E-state index in [9.17, 15) is 22.4 Å². The standard InChI is InChI=1S/C14H10F4N2O3/c15-13(16)14(17,18)23-11-3-1-2-10(6-11)12(21)20-19-7-9-4-5-22-8-9/h1-8,13H,(H,20,21). The van der Waals surface area contributed by atoms with Gasteiger partial charge in [0.2, 0.25) is 0 Å². The molecule has 1 heterocycles. The molecule has 23 heavy (non-hydrogen) atoms. The summed E-state index contributed by atoms with van der Waals surface area (Å²) in [6, 6.07) is 6.03. The summed E-state index contributed by atoms with van der Waals surface area (Å²) in [7, 11) is 0. The second-order valence-electron chi connectivity index (χ2n) is 4.25. The quantitative estimate of drug-likeness (QED) is 0.502. The van der Waals surface area contributed by atoms with Crippen LogP contribution in [0.4, 0.5) is 17.6 Å². The number of hydrogen-bond donors (Lipinski definition) is 1. The Balaban J connectivity index is 2.02. The maximum atomic E-state index is 12.8. The van der Waals surface area contributed by atoms with Crippen LogP contribution in [0.25, 0.3) is 0 Å². The van der Waals surface area contributed by atoms with E-state index in [1.807, 2.05) is 0 Å². The molecular weight excluding hydrogens is 320 g/mol. The second kappa shape index (κ2) is 6.95. The third-order valence-electron chi connectivity index (χ3n) is 2.53. The fourth-order valence-corrected chi connectivity index (χ4v) is 1.48. The summed E-state index contributed by atoms with van der Waals surface area (Å²) in [4.78, 5) is 11.8. The van der Waals surface area contributed by atoms with Crippen LogP contribution in [0, 0.1) is 0 Å². The Bertz CT molecular complexity index is 687. The number of rotatable bonds is 6. The van der Waals surface area contributed by atoms with Gasteiger partial charge in [-0.2, -0.15) is 22.7 Å². The lowest BCUT2D eigenvalue weighted by Gasteiger charge is -2.16. The summed E-state index contributed by atoms with van der Waals surface area (Å²) in [5, 5.41) is 3.63. The van der Waals surface area contributed by atoms with Gasteiger partial charge < -0.3 is 9.15 Å². The lowest BCUT2D eigenvalue weighted by Crippen LogP contribution is -2.33. The van der Waals surface area contributed by atoms with Crippen molar-refractivity contribution < 1.29 is 31.5 Å². The minimum absolute atomic E-state index is 0.0862. The van der Waals surface area contributed by atoms with Crippen molar-refractivity contribution in [3.05, 3.63) is 54.0 Å². The Morgan fingerprint density at radius 1 is 1.35 bits per heavy atom. The van der Waals surface area contributed by atoms with Crippen molar-refractivity contribution in [2.24, 2.45) is 5.10 Å². The molecule has 0 aliphatic carbocycles. The van der Waals surface area contributed by atoms with Crippen molar-refractivity contribution in [1.82, 2.24) is 5.43 Å². The predicted molar refractivity (Wildman–Crippen MR) is 71.8 cm³/mol. The molecule has 0 bridgehead atoms. The van der Waals surface area contributed by atoms with Gasteiger partial charge in [-0.15, -0.1) is 0 Å². The van der Waals surface area contributed by atoms with Gasteiger partial charge in [-0.05, 0) is 24.3 Å². The summed E-state index contributed by atoms with van der Waals surface area (Å²) in [6.07, 6.45) is -4.54. The Kier molecular flexibility index (Phi) is 4.99. The van der Waals surface area contributed by atoms with E-state index in [4.69, 9.17) is 4.42 Å². The zero-order valence-corrected chi connectivity index (χ0v) is 11.4. The van der Waals surface area contributed by atoms with E-state index >= 15 is 0 Å². The van der Waals surface area contributed by atoms with Crippen LogP contribution in [0.1, 0.15) is 15.9 Å². The molecule has 1 aromatic carbocycles. The first kappa shape index (κ1) is 16.5. The van der Waals surface area contributed by atoms with Crippen LogP contribution in [0.15, 0.2) is 52.4 Å². The Morgan fingerprint density at radius 3 is 2.78 bits per heavy atom. The molecule has 2 rings (SSSR count). The highest BCUT2D eigenvalue weighted by atomic mass is 19.3. The Labute approximate surface area is 127 Å². The maximum Gasteiger partial charge on any atom is 0.461 e. The van der Waals surface area contributed by atoms with Crippen LogP contribution in [-0.2, 0) is 0 Å². The first-order chi connectivity index (χ1) is 10.9. The van der Waals surface area contributed by atoms with E-state index in [-0.39, 0.29) is 5.56 Å². The molecule has 122 valence electrons. The molecule has 9 heteroatoms. The predicted octanol–water partition coefficient (Wildman–Crippen LogP) is 3.28. The van der Waals surface area contributed by atoms with Gasteiger partial charge in [-0.1, -0.05) is 6.07 Å². The number of nitrogens with one attached hydrogen (secondary N) is 1. The van der Waals surface area contributed by atoms with Gasteiger partial charge in [0.1, 0.15) is 5.75 Å². The topological polar surface area (TPSA) is 63.8 Å². The minimum atomic E-state index is -4.64. The van der Waals surface area contributed by atoms with E-state index in [0.717, 1.165) is 12.1 Å². The van der Waals surface area contributed by atoms with Gasteiger partial charge in [-0.25, -0.2) is 5.43 Å². The number of halogens is 4. The third kappa shape index (κ3) is 4.56. The average Bonchev–Trinajstić information content (AvgIpc) is 3.00. The van der Waals surface area contributed by atoms with E-state index in [2.05, 4.69) is 15.3 Å². The van der Waals surface area contributed by atoms with Crippen LogP contribution >= 0.6 is 0 Å². The van der Waals surface area contributed by atoms with Crippen LogP contribution in [-0.4, -0.2) is 24.7 Å². The molecule has 0 saturated carbocycles. The molecule has 0 unspecified atom stereocenters. The van der Waals surface area contributed by atoms with Crippen LogP contribution in [0.2, 0.25) is 0 Å². The molecule has 0 spiro atoms. The van der Waals surface area contributed by atoms with Crippen molar-refractivity contribution in [3.8, 4) is 5.75 Å². The Hall–Kier alpha value is -2.84. The zero-order chi connectivity index (χ0) is 16.9. The van der Waals surface area contributed by atoms with Crippen molar-refractivity contribution in [2.45, 2.75) is 12.5 Å². The van der Waals surface area contributed by atoms with E-state index < -0.39 is 24.2 Å². The number of alkyl halides is 4. The van der Waals surface area contributed by atoms with Crippen molar-refractivity contribution in [2.75, 3.05) is 0 Å².